The second kappa shape index (κ2) is 5.46. The Balaban J connectivity index is 2.58. The number of hydrogen-bond acceptors (Lipinski definition) is 3. The van der Waals surface area contributed by atoms with Crippen LogP contribution in [0.25, 0.3) is 0 Å². The minimum absolute atomic E-state index is 0.0945. The minimum Gasteiger partial charge on any atom is -0.324 e. The maximum atomic E-state index is 11.1. The molecular formula is C12H19NO2S. The molecule has 1 aromatic rings. The van der Waals surface area contributed by atoms with Gasteiger partial charge in [-0.2, -0.15) is 0 Å². The van der Waals surface area contributed by atoms with Crippen LogP contribution in [0.4, 0.5) is 0 Å². The number of nitrogens with two attached hydrogens (primary N) is 1. The predicted octanol–water partition coefficient (Wildman–Crippen LogP) is 1.76. The van der Waals surface area contributed by atoms with Gasteiger partial charge >= 0.3 is 0 Å². The van der Waals surface area contributed by atoms with E-state index in [1.165, 1.54) is 6.26 Å². The van der Waals surface area contributed by atoms with Gasteiger partial charge in [-0.3, -0.25) is 0 Å². The van der Waals surface area contributed by atoms with Gasteiger partial charge in [0.2, 0.25) is 0 Å². The zero-order valence-corrected chi connectivity index (χ0v) is 10.6. The van der Waals surface area contributed by atoms with Gasteiger partial charge in [-0.1, -0.05) is 37.3 Å². The molecule has 0 aliphatic rings. The van der Waals surface area contributed by atoms with Crippen LogP contribution < -0.4 is 5.73 Å². The highest BCUT2D eigenvalue weighted by Gasteiger charge is 2.16. The summed E-state index contributed by atoms with van der Waals surface area (Å²) in [6.45, 7) is 1.99. The van der Waals surface area contributed by atoms with Gasteiger partial charge in [0.1, 0.15) is 9.84 Å². The highest BCUT2D eigenvalue weighted by atomic mass is 32.2. The summed E-state index contributed by atoms with van der Waals surface area (Å²) in [6.07, 6.45) is 1.86. The van der Waals surface area contributed by atoms with E-state index in [9.17, 15) is 8.42 Å². The number of rotatable bonds is 5. The van der Waals surface area contributed by atoms with Gasteiger partial charge in [0, 0.05) is 12.3 Å². The van der Waals surface area contributed by atoms with Crippen molar-refractivity contribution in [1.82, 2.24) is 0 Å². The molecule has 0 saturated carbocycles. The second-order valence-electron chi connectivity index (χ2n) is 4.33. The molecule has 90 valence electrons. The monoisotopic (exact) mass is 241 g/mol. The molecule has 0 radical (unpaired) electrons. The van der Waals surface area contributed by atoms with Crippen molar-refractivity contribution < 1.29 is 8.42 Å². The third-order valence-corrected chi connectivity index (χ3v) is 3.72. The van der Waals surface area contributed by atoms with Gasteiger partial charge in [-0.25, -0.2) is 8.42 Å². The molecule has 0 aromatic heterocycles. The minimum atomic E-state index is -2.89. The van der Waals surface area contributed by atoms with Crippen LogP contribution in [0.3, 0.4) is 0 Å². The van der Waals surface area contributed by atoms with Gasteiger partial charge in [0.25, 0.3) is 0 Å². The van der Waals surface area contributed by atoms with Gasteiger partial charge in [0.05, 0.1) is 5.75 Å². The summed E-state index contributed by atoms with van der Waals surface area (Å²) in [5.41, 5.74) is 7.13. The van der Waals surface area contributed by atoms with E-state index in [2.05, 4.69) is 0 Å². The Labute approximate surface area is 97.6 Å². The summed E-state index contributed by atoms with van der Waals surface area (Å²) < 4.78 is 22.1. The maximum absolute atomic E-state index is 11.1. The predicted molar refractivity (Wildman–Crippen MR) is 66.9 cm³/mol. The largest absolute Gasteiger partial charge is 0.324 e. The Morgan fingerprint density at radius 3 is 2.31 bits per heavy atom. The fourth-order valence-electron chi connectivity index (χ4n) is 1.58. The van der Waals surface area contributed by atoms with E-state index in [1.54, 1.807) is 0 Å². The average Bonchev–Trinajstić information content (AvgIpc) is 2.25. The number of sulfone groups is 1. The molecule has 0 bridgehead atoms. The first-order chi connectivity index (χ1) is 7.40. The first-order valence-corrected chi connectivity index (χ1v) is 7.44. The molecular weight excluding hydrogens is 222 g/mol. The number of benzene rings is 1. The van der Waals surface area contributed by atoms with Gasteiger partial charge < -0.3 is 5.73 Å². The molecule has 0 saturated heterocycles. The lowest BCUT2D eigenvalue weighted by molar-refractivity contribution is 0.455. The molecule has 4 heteroatoms. The molecule has 0 spiro atoms. The third kappa shape index (κ3) is 4.33. The summed E-state index contributed by atoms with van der Waals surface area (Å²) in [5, 5.41) is 0. The van der Waals surface area contributed by atoms with Crippen molar-refractivity contribution in [2.75, 3.05) is 12.0 Å². The van der Waals surface area contributed by atoms with Crippen LogP contribution in [0.2, 0.25) is 0 Å². The van der Waals surface area contributed by atoms with Crippen molar-refractivity contribution in [3.8, 4) is 0 Å². The Hall–Kier alpha value is -0.870. The smallest absolute Gasteiger partial charge is 0.147 e. The topological polar surface area (TPSA) is 60.2 Å². The van der Waals surface area contributed by atoms with Crippen molar-refractivity contribution in [2.45, 2.75) is 19.4 Å². The van der Waals surface area contributed by atoms with E-state index < -0.39 is 9.84 Å². The van der Waals surface area contributed by atoms with E-state index in [-0.39, 0.29) is 17.7 Å². The standard InChI is InChI=1S/C12H19NO2S/c1-10(8-9-16(2,14)15)12(13)11-6-4-3-5-7-11/h3-7,10,12H,8-9,13H2,1-2H3. The van der Waals surface area contributed by atoms with Crippen LogP contribution in [-0.2, 0) is 9.84 Å². The molecule has 16 heavy (non-hydrogen) atoms. The fourth-order valence-corrected chi connectivity index (χ4v) is 2.38. The summed E-state index contributed by atoms with van der Waals surface area (Å²) in [7, 11) is -2.89. The van der Waals surface area contributed by atoms with Crippen LogP contribution in [0.5, 0.6) is 0 Å². The van der Waals surface area contributed by atoms with Crippen LogP contribution >= 0.6 is 0 Å². The lowest BCUT2D eigenvalue weighted by Crippen LogP contribution is -2.21. The average molecular weight is 241 g/mol. The van der Waals surface area contributed by atoms with Crippen LogP contribution in [-0.4, -0.2) is 20.4 Å². The van der Waals surface area contributed by atoms with Crippen LogP contribution in [0.1, 0.15) is 24.9 Å². The Kier molecular flexibility index (Phi) is 4.50. The lowest BCUT2D eigenvalue weighted by atomic mass is 9.93. The Morgan fingerprint density at radius 2 is 1.81 bits per heavy atom. The van der Waals surface area contributed by atoms with E-state index in [1.807, 2.05) is 37.3 Å². The van der Waals surface area contributed by atoms with E-state index in [4.69, 9.17) is 5.73 Å². The summed E-state index contributed by atoms with van der Waals surface area (Å²) >= 11 is 0. The molecule has 0 heterocycles. The van der Waals surface area contributed by atoms with E-state index >= 15 is 0 Å². The van der Waals surface area contributed by atoms with Gasteiger partial charge in [-0.15, -0.1) is 0 Å². The van der Waals surface area contributed by atoms with E-state index in [0.29, 0.717) is 6.42 Å². The molecule has 1 rings (SSSR count). The zero-order valence-electron chi connectivity index (χ0n) is 9.76. The molecule has 2 N–H and O–H groups in total. The van der Waals surface area contributed by atoms with Crippen molar-refractivity contribution in [3.05, 3.63) is 35.9 Å². The van der Waals surface area contributed by atoms with Crippen molar-refractivity contribution in [3.63, 3.8) is 0 Å². The summed E-state index contributed by atoms with van der Waals surface area (Å²) in [4.78, 5) is 0. The first-order valence-electron chi connectivity index (χ1n) is 5.38. The molecule has 2 unspecified atom stereocenters. The first kappa shape index (κ1) is 13.2. The SMILES string of the molecule is CC(CCS(C)(=O)=O)C(N)c1ccccc1. The molecule has 2 atom stereocenters. The quantitative estimate of drug-likeness (QED) is 0.854. The summed E-state index contributed by atoms with van der Waals surface area (Å²) in [6, 6.07) is 9.68. The van der Waals surface area contributed by atoms with Crippen molar-refractivity contribution >= 4 is 9.84 Å². The number of hydrogen-bond donors (Lipinski definition) is 1. The lowest BCUT2D eigenvalue weighted by Gasteiger charge is -2.19. The van der Waals surface area contributed by atoms with E-state index in [0.717, 1.165) is 5.56 Å². The normalized spacial score (nSPS) is 15.7. The Morgan fingerprint density at radius 1 is 1.25 bits per heavy atom. The highest BCUT2D eigenvalue weighted by Crippen LogP contribution is 2.21. The molecule has 0 aliphatic heterocycles. The summed E-state index contributed by atoms with van der Waals surface area (Å²) in [5.74, 6) is 0.367. The molecule has 0 fully saturated rings. The molecule has 0 aliphatic carbocycles. The fraction of sp³-hybridized carbons (Fsp3) is 0.500. The third-order valence-electron chi connectivity index (χ3n) is 2.74. The molecule has 1 aromatic carbocycles. The molecule has 3 nitrogen and oxygen atoms in total. The van der Waals surface area contributed by atoms with Crippen molar-refractivity contribution in [2.24, 2.45) is 11.7 Å². The van der Waals surface area contributed by atoms with Gasteiger partial charge in [0.15, 0.2) is 0 Å². The molecule has 0 amide bonds. The highest BCUT2D eigenvalue weighted by molar-refractivity contribution is 7.90. The zero-order chi connectivity index (χ0) is 12.2. The maximum Gasteiger partial charge on any atom is 0.147 e. The van der Waals surface area contributed by atoms with Crippen molar-refractivity contribution in [1.29, 1.82) is 0 Å². The second-order valence-corrected chi connectivity index (χ2v) is 6.59. The van der Waals surface area contributed by atoms with Crippen LogP contribution in [0.15, 0.2) is 30.3 Å². The van der Waals surface area contributed by atoms with Gasteiger partial charge in [-0.05, 0) is 17.9 Å². The van der Waals surface area contributed by atoms with Crippen LogP contribution in [0, 0.1) is 5.92 Å². The Bertz CT molecular complexity index is 414.